The molecule has 1 amide bonds. The Balaban J connectivity index is 1.55. The van der Waals surface area contributed by atoms with Gasteiger partial charge in [-0.2, -0.15) is 0 Å². The van der Waals surface area contributed by atoms with Gasteiger partial charge in [0.25, 0.3) is 11.8 Å². The molecule has 1 aromatic heterocycles. The number of aromatic carboxylic acids is 1. The topological polar surface area (TPSA) is 147 Å². The lowest BCUT2D eigenvalue weighted by atomic mass is 10.1. The van der Waals surface area contributed by atoms with Gasteiger partial charge >= 0.3 is 5.97 Å². The van der Waals surface area contributed by atoms with Crippen molar-refractivity contribution in [2.45, 2.75) is 6.42 Å². The Kier molecular flexibility index (Phi) is 7.34. The fourth-order valence-corrected chi connectivity index (χ4v) is 2.84. The Morgan fingerprint density at radius 1 is 1.16 bits per heavy atom. The van der Waals surface area contributed by atoms with Gasteiger partial charge in [-0.15, -0.1) is 0 Å². The van der Waals surface area contributed by atoms with Crippen molar-refractivity contribution < 1.29 is 33.7 Å². The van der Waals surface area contributed by atoms with Crippen LogP contribution in [0, 0.1) is 5.82 Å². The molecule has 32 heavy (non-hydrogen) atoms. The lowest BCUT2D eigenvalue weighted by Crippen LogP contribution is -2.28. The van der Waals surface area contributed by atoms with Crippen LogP contribution >= 0.6 is 11.6 Å². The van der Waals surface area contributed by atoms with Gasteiger partial charge in [0.05, 0.1) is 17.1 Å². The molecule has 0 aliphatic heterocycles. The number of halogens is 2. The van der Waals surface area contributed by atoms with E-state index in [0.29, 0.717) is 5.56 Å². The number of rotatable bonds is 9. The van der Waals surface area contributed by atoms with Gasteiger partial charge in [0.1, 0.15) is 18.1 Å². The highest BCUT2D eigenvalue weighted by Gasteiger charge is 2.20. The van der Waals surface area contributed by atoms with Crippen molar-refractivity contribution in [3.05, 3.63) is 75.7 Å². The summed E-state index contributed by atoms with van der Waals surface area (Å²) in [6.45, 7) is 0.0756. The molecule has 10 nitrogen and oxygen atoms in total. The van der Waals surface area contributed by atoms with Crippen molar-refractivity contribution >= 4 is 29.2 Å². The molecule has 0 fully saturated rings. The van der Waals surface area contributed by atoms with Crippen LogP contribution in [0.3, 0.4) is 0 Å². The molecule has 0 aliphatic carbocycles. The molecular weight excluding hydrogens is 447 g/mol. The molecule has 0 unspecified atom stereocenters. The summed E-state index contributed by atoms with van der Waals surface area (Å²) in [7, 11) is 0. The van der Waals surface area contributed by atoms with Crippen LogP contribution in [0.25, 0.3) is 0 Å². The second kappa shape index (κ2) is 10.4. The number of nitrogens with zero attached hydrogens (tertiary/aromatic N) is 3. The van der Waals surface area contributed by atoms with Crippen LogP contribution in [0.15, 0.2) is 52.2 Å². The molecule has 12 heteroatoms. The molecule has 3 aromatic rings. The van der Waals surface area contributed by atoms with Crippen LogP contribution in [-0.2, 0) is 6.42 Å². The summed E-state index contributed by atoms with van der Waals surface area (Å²) in [4.78, 5) is 23.0. The number of carbonyl (C=O) groups is 2. The van der Waals surface area contributed by atoms with Gasteiger partial charge < -0.3 is 20.4 Å². The van der Waals surface area contributed by atoms with Crippen molar-refractivity contribution in [1.29, 1.82) is 0 Å². The second-order valence-corrected chi connectivity index (χ2v) is 6.78. The molecule has 0 radical (unpaired) electrons. The zero-order chi connectivity index (χ0) is 23.1. The summed E-state index contributed by atoms with van der Waals surface area (Å²) in [5.41, 5.74) is 0.987. The number of hydrogen-bond acceptors (Lipinski definition) is 8. The van der Waals surface area contributed by atoms with E-state index in [1.807, 2.05) is 0 Å². The van der Waals surface area contributed by atoms with E-state index in [9.17, 15) is 19.2 Å². The number of amides is 1. The lowest BCUT2D eigenvalue weighted by Gasteiger charge is -2.07. The molecule has 0 aliphatic rings. The molecule has 0 bridgehead atoms. The number of carbonyl (C=O) groups excluding carboxylic acids is 1. The van der Waals surface area contributed by atoms with Gasteiger partial charge in [0.15, 0.2) is 5.69 Å². The standard InChI is InChI=1S/C20H16ClFN4O6/c21-14-9-11(1-6-15(14)22)10-16(24-30)17-19(26-32-25-17)31-8-7-23-18(27)12-2-4-13(5-3-12)20(28)29/h1-6,9,30H,7-8,10H2,(H,23,27)(H,28,29). The van der Waals surface area contributed by atoms with Gasteiger partial charge in [-0.05, 0) is 52.3 Å². The first-order valence-corrected chi connectivity index (χ1v) is 9.49. The van der Waals surface area contributed by atoms with E-state index in [4.69, 9.17) is 21.4 Å². The van der Waals surface area contributed by atoms with Crippen LogP contribution in [0.2, 0.25) is 5.02 Å². The number of nitrogens with one attached hydrogen (secondary N) is 1. The van der Waals surface area contributed by atoms with Crippen LogP contribution < -0.4 is 10.1 Å². The van der Waals surface area contributed by atoms with Crippen molar-refractivity contribution in [2.75, 3.05) is 13.2 Å². The van der Waals surface area contributed by atoms with Crippen LogP contribution in [0.1, 0.15) is 32.0 Å². The molecule has 3 rings (SSSR count). The van der Waals surface area contributed by atoms with Crippen LogP contribution in [0.5, 0.6) is 5.88 Å². The summed E-state index contributed by atoms with van der Waals surface area (Å²) in [6, 6.07) is 9.48. The zero-order valence-corrected chi connectivity index (χ0v) is 17.0. The van der Waals surface area contributed by atoms with Crippen LogP contribution in [0.4, 0.5) is 4.39 Å². The van der Waals surface area contributed by atoms with Crippen molar-refractivity contribution in [2.24, 2.45) is 5.16 Å². The molecule has 0 saturated carbocycles. The third-order valence-electron chi connectivity index (χ3n) is 4.23. The molecule has 2 aromatic carbocycles. The van der Waals surface area contributed by atoms with Gasteiger partial charge in [0, 0.05) is 12.0 Å². The number of carboxylic acids is 1. The minimum atomic E-state index is -1.09. The molecular formula is C20H16ClFN4O6. The van der Waals surface area contributed by atoms with E-state index in [1.165, 1.54) is 42.5 Å². The first-order chi connectivity index (χ1) is 15.4. The van der Waals surface area contributed by atoms with Gasteiger partial charge in [-0.1, -0.05) is 22.8 Å². The Morgan fingerprint density at radius 2 is 1.88 bits per heavy atom. The molecule has 0 saturated heterocycles. The predicted molar refractivity (Wildman–Crippen MR) is 109 cm³/mol. The van der Waals surface area contributed by atoms with E-state index >= 15 is 0 Å². The zero-order valence-electron chi connectivity index (χ0n) is 16.3. The molecule has 166 valence electrons. The Hall–Kier alpha value is -3.99. The fourth-order valence-electron chi connectivity index (χ4n) is 2.64. The smallest absolute Gasteiger partial charge is 0.335 e. The number of oxime groups is 1. The minimum absolute atomic E-state index is 0.0127. The highest BCUT2D eigenvalue weighted by atomic mass is 35.5. The maximum atomic E-state index is 13.3. The number of aromatic nitrogens is 2. The minimum Gasteiger partial charge on any atom is -0.478 e. The molecule has 1 heterocycles. The quantitative estimate of drug-likeness (QED) is 0.190. The summed E-state index contributed by atoms with van der Waals surface area (Å²) in [5, 5.41) is 31.2. The van der Waals surface area contributed by atoms with E-state index < -0.39 is 17.7 Å². The van der Waals surface area contributed by atoms with E-state index in [2.05, 4.69) is 25.4 Å². The first kappa shape index (κ1) is 22.7. The third-order valence-corrected chi connectivity index (χ3v) is 4.52. The average molecular weight is 463 g/mol. The van der Waals surface area contributed by atoms with Gasteiger partial charge in [-0.25, -0.2) is 13.8 Å². The van der Waals surface area contributed by atoms with E-state index in [0.717, 1.165) is 0 Å². The number of carboxylic acid groups (broad SMARTS) is 1. The van der Waals surface area contributed by atoms with Gasteiger partial charge in [0.2, 0.25) is 0 Å². The summed E-state index contributed by atoms with van der Waals surface area (Å²) in [6.07, 6.45) is 0.0458. The fraction of sp³-hybridized carbons (Fsp3) is 0.150. The highest BCUT2D eigenvalue weighted by molar-refractivity contribution is 6.30. The van der Waals surface area contributed by atoms with Crippen molar-refractivity contribution in [1.82, 2.24) is 15.6 Å². The van der Waals surface area contributed by atoms with Crippen LogP contribution in [-0.4, -0.2) is 51.4 Å². The Bertz CT molecular complexity index is 1150. The molecule has 0 atom stereocenters. The summed E-state index contributed by atoms with van der Waals surface area (Å²) in [5.74, 6) is -2.15. The van der Waals surface area contributed by atoms with Gasteiger partial charge in [-0.3, -0.25) is 4.79 Å². The Labute approximate surface area is 185 Å². The van der Waals surface area contributed by atoms with E-state index in [-0.39, 0.29) is 53.0 Å². The lowest BCUT2D eigenvalue weighted by molar-refractivity contribution is 0.0696. The van der Waals surface area contributed by atoms with E-state index in [1.54, 1.807) is 0 Å². The number of hydrogen-bond donors (Lipinski definition) is 3. The van der Waals surface area contributed by atoms with Crippen molar-refractivity contribution in [3.63, 3.8) is 0 Å². The predicted octanol–water partition coefficient (Wildman–Crippen LogP) is 2.79. The molecule has 3 N–H and O–H groups in total. The Morgan fingerprint density at radius 3 is 2.53 bits per heavy atom. The summed E-state index contributed by atoms with van der Waals surface area (Å²) < 4.78 is 23.4. The molecule has 0 spiro atoms. The number of benzene rings is 2. The van der Waals surface area contributed by atoms with Crippen molar-refractivity contribution in [3.8, 4) is 5.88 Å². The second-order valence-electron chi connectivity index (χ2n) is 6.38. The normalized spacial score (nSPS) is 11.2. The maximum Gasteiger partial charge on any atom is 0.335 e. The third kappa shape index (κ3) is 5.58. The highest BCUT2D eigenvalue weighted by Crippen LogP contribution is 2.20. The first-order valence-electron chi connectivity index (χ1n) is 9.11. The maximum absolute atomic E-state index is 13.3. The monoisotopic (exact) mass is 462 g/mol. The SMILES string of the molecule is O=C(O)c1ccc(C(=O)NCCOc2nonc2C(Cc2ccc(F)c(Cl)c2)=NO)cc1. The largest absolute Gasteiger partial charge is 0.478 e. The number of ether oxygens (including phenoxy) is 1. The average Bonchev–Trinajstić information content (AvgIpc) is 3.25. The summed E-state index contributed by atoms with van der Waals surface area (Å²) >= 11 is 5.76.